The fraction of sp³-hybridized carbons (Fsp3) is 0.263. The average Bonchev–Trinajstić information content (AvgIpc) is 2.92. The number of hydrogen-bond acceptors (Lipinski definition) is 2. The van der Waals surface area contributed by atoms with Gasteiger partial charge in [0.05, 0.1) is 5.69 Å². The third-order valence-corrected chi connectivity index (χ3v) is 3.83. The molecule has 1 heterocycles. The van der Waals surface area contributed by atoms with Crippen molar-refractivity contribution in [3.8, 4) is 17.1 Å². The molecular formula is C19H21N3. The zero-order valence-electron chi connectivity index (χ0n) is 13.4. The number of aryl methyl sites for hydroxylation is 3. The minimum absolute atomic E-state index is 0.798. The molecule has 22 heavy (non-hydrogen) atoms. The van der Waals surface area contributed by atoms with Gasteiger partial charge in [-0.1, -0.05) is 55.5 Å². The van der Waals surface area contributed by atoms with Gasteiger partial charge >= 0.3 is 0 Å². The average molecular weight is 291 g/mol. The van der Waals surface area contributed by atoms with Crippen LogP contribution in [-0.4, -0.2) is 14.8 Å². The molecule has 3 rings (SSSR count). The van der Waals surface area contributed by atoms with Gasteiger partial charge < -0.3 is 0 Å². The largest absolute Gasteiger partial charge is 0.217 e. The van der Waals surface area contributed by atoms with E-state index >= 15 is 0 Å². The molecule has 0 aliphatic heterocycles. The molecule has 0 aliphatic rings. The summed E-state index contributed by atoms with van der Waals surface area (Å²) in [7, 11) is 0. The molecule has 1 aromatic heterocycles. The third-order valence-electron chi connectivity index (χ3n) is 3.83. The molecule has 0 amide bonds. The Morgan fingerprint density at radius 1 is 0.909 bits per heavy atom. The van der Waals surface area contributed by atoms with Gasteiger partial charge in [-0.25, -0.2) is 9.67 Å². The van der Waals surface area contributed by atoms with Gasteiger partial charge in [0, 0.05) is 12.0 Å². The first-order chi connectivity index (χ1) is 10.7. The van der Waals surface area contributed by atoms with Crippen molar-refractivity contribution in [2.45, 2.75) is 33.6 Å². The maximum atomic E-state index is 4.80. The second-order valence-electron chi connectivity index (χ2n) is 5.62. The number of rotatable bonds is 4. The lowest BCUT2D eigenvalue weighted by atomic mass is 10.1. The first-order valence-corrected chi connectivity index (χ1v) is 7.78. The molecule has 0 saturated carbocycles. The number of benzene rings is 2. The van der Waals surface area contributed by atoms with Crippen molar-refractivity contribution in [2.75, 3.05) is 0 Å². The minimum atomic E-state index is 0.798. The predicted octanol–water partition coefficient (Wildman–Crippen LogP) is 4.50. The van der Waals surface area contributed by atoms with Crippen LogP contribution in [0.5, 0.6) is 0 Å². The summed E-state index contributed by atoms with van der Waals surface area (Å²) < 4.78 is 2.02. The molecular weight excluding hydrogens is 270 g/mol. The second-order valence-corrected chi connectivity index (χ2v) is 5.62. The van der Waals surface area contributed by atoms with Crippen LogP contribution < -0.4 is 0 Å². The minimum Gasteiger partial charge on any atom is -0.217 e. The van der Waals surface area contributed by atoms with Crippen molar-refractivity contribution in [1.82, 2.24) is 14.8 Å². The van der Waals surface area contributed by atoms with Gasteiger partial charge in [-0.15, -0.1) is 5.10 Å². The van der Waals surface area contributed by atoms with Crippen LogP contribution >= 0.6 is 0 Å². The SMILES string of the molecule is CCCc1nc(-c2ccccc2)nn1-c1c(C)cccc1C. The molecule has 0 N–H and O–H groups in total. The summed E-state index contributed by atoms with van der Waals surface area (Å²) in [5, 5.41) is 4.80. The summed E-state index contributed by atoms with van der Waals surface area (Å²) in [6, 6.07) is 16.5. The lowest BCUT2D eigenvalue weighted by molar-refractivity contribution is 0.753. The Balaban J connectivity index is 2.17. The molecule has 0 fully saturated rings. The smallest absolute Gasteiger partial charge is 0.181 e. The molecule has 0 bridgehead atoms. The monoisotopic (exact) mass is 291 g/mol. The normalized spacial score (nSPS) is 10.9. The Morgan fingerprint density at radius 3 is 2.23 bits per heavy atom. The summed E-state index contributed by atoms with van der Waals surface area (Å²) in [4.78, 5) is 4.78. The second kappa shape index (κ2) is 6.14. The van der Waals surface area contributed by atoms with E-state index in [2.05, 4.69) is 51.1 Å². The van der Waals surface area contributed by atoms with Crippen LogP contribution in [0.3, 0.4) is 0 Å². The van der Waals surface area contributed by atoms with Crippen molar-refractivity contribution in [3.63, 3.8) is 0 Å². The van der Waals surface area contributed by atoms with Gasteiger partial charge in [0.25, 0.3) is 0 Å². The number of nitrogens with zero attached hydrogens (tertiary/aromatic N) is 3. The Labute approximate surface area is 131 Å². The van der Waals surface area contributed by atoms with Crippen molar-refractivity contribution < 1.29 is 0 Å². The van der Waals surface area contributed by atoms with E-state index in [1.807, 2.05) is 22.9 Å². The standard InChI is InChI=1S/C19H21N3/c1-4-9-17-20-19(16-12-6-5-7-13-16)21-22(17)18-14(2)10-8-11-15(18)3/h5-8,10-13H,4,9H2,1-3H3. The molecule has 0 spiro atoms. The van der Waals surface area contributed by atoms with E-state index in [0.29, 0.717) is 0 Å². The van der Waals surface area contributed by atoms with E-state index in [9.17, 15) is 0 Å². The highest BCUT2D eigenvalue weighted by molar-refractivity contribution is 5.56. The molecule has 3 heteroatoms. The van der Waals surface area contributed by atoms with Crippen molar-refractivity contribution in [3.05, 3.63) is 65.5 Å². The molecule has 0 atom stereocenters. The van der Waals surface area contributed by atoms with Crippen LogP contribution in [-0.2, 0) is 6.42 Å². The highest BCUT2D eigenvalue weighted by Crippen LogP contribution is 2.23. The van der Waals surface area contributed by atoms with Gasteiger partial charge in [0.2, 0.25) is 0 Å². The number of para-hydroxylation sites is 1. The highest BCUT2D eigenvalue weighted by Gasteiger charge is 2.15. The molecule has 112 valence electrons. The summed E-state index contributed by atoms with van der Waals surface area (Å²) in [6.45, 7) is 6.43. The molecule has 0 saturated heterocycles. The zero-order chi connectivity index (χ0) is 15.5. The fourth-order valence-electron chi connectivity index (χ4n) is 2.76. The Kier molecular flexibility index (Phi) is 4.05. The van der Waals surface area contributed by atoms with Crippen molar-refractivity contribution >= 4 is 0 Å². The predicted molar refractivity (Wildman–Crippen MR) is 90.3 cm³/mol. The first-order valence-electron chi connectivity index (χ1n) is 7.78. The highest BCUT2D eigenvalue weighted by atomic mass is 15.4. The van der Waals surface area contributed by atoms with Crippen LogP contribution in [0.2, 0.25) is 0 Å². The molecule has 3 nitrogen and oxygen atoms in total. The topological polar surface area (TPSA) is 30.7 Å². The van der Waals surface area contributed by atoms with E-state index in [1.165, 1.54) is 11.1 Å². The molecule has 0 radical (unpaired) electrons. The molecule has 0 unspecified atom stereocenters. The van der Waals surface area contributed by atoms with Crippen LogP contribution in [0.15, 0.2) is 48.5 Å². The molecule has 2 aromatic carbocycles. The zero-order valence-corrected chi connectivity index (χ0v) is 13.4. The van der Waals surface area contributed by atoms with E-state index < -0.39 is 0 Å². The first kappa shape index (κ1) is 14.5. The van der Waals surface area contributed by atoms with E-state index in [1.54, 1.807) is 0 Å². The lowest BCUT2D eigenvalue weighted by Crippen LogP contribution is -2.06. The van der Waals surface area contributed by atoms with Crippen LogP contribution in [0.4, 0.5) is 0 Å². The molecule has 3 aromatic rings. The van der Waals surface area contributed by atoms with Gasteiger partial charge in [-0.2, -0.15) is 0 Å². The maximum Gasteiger partial charge on any atom is 0.181 e. The van der Waals surface area contributed by atoms with Gasteiger partial charge in [0.15, 0.2) is 5.82 Å². The fourth-order valence-corrected chi connectivity index (χ4v) is 2.76. The van der Waals surface area contributed by atoms with Gasteiger partial charge in [-0.3, -0.25) is 0 Å². The van der Waals surface area contributed by atoms with Crippen molar-refractivity contribution in [2.24, 2.45) is 0 Å². The quantitative estimate of drug-likeness (QED) is 0.708. The van der Waals surface area contributed by atoms with Gasteiger partial charge in [-0.05, 0) is 31.4 Å². The summed E-state index contributed by atoms with van der Waals surface area (Å²) in [5.41, 5.74) is 4.66. The molecule has 0 aliphatic carbocycles. The Hall–Kier alpha value is -2.42. The Bertz CT molecular complexity index is 752. The number of hydrogen-bond donors (Lipinski definition) is 0. The van der Waals surface area contributed by atoms with Crippen molar-refractivity contribution in [1.29, 1.82) is 0 Å². The van der Waals surface area contributed by atoms with Gasteiger partial charge in [0.1, 0.15) is 5.82 Å². The lowest BCUT2D eigenvalue weighted by Gasteiger charge is -2.11. The van der Waals surface area contributed by atoms with Crippen LogP contribution in [0.25, 0.3) is 17.1 Å². The van der Waals surface area contributed by atoms with Crippen LogP contribution in [0.1, 0.15) is 30.3 Å². The van der Waals surface area contributed by atoms with Crippen LogP contribution in [0, 0.1) is 13.8 Å². The summed E-state index contributed by atoms with van der Waals surface area (Å²) >= 11 is 0. The summed E-state index contributed by atoms with van der Waals surface area (Å²) in [5.74, 6) is 1.82. The number of aromatic nitrogens is 3. The third kappa shape index (κ3) is 2.67. The summed E-state index contributed by atoms with van der Waals surface area (Å²) in [6.07, 6.45) is 1.98. The van der Waals surface area contributed by atoms with E-state index in [-0.39, 0.29) is 0 Å². The van der Waals surface area contributed by atoms with E-state index in [4.69, 9.17) is 10.1 Å². The van der Waals surface area contributed by atoms with E-state index in [0.717, 1.165) is 35.7 Å². The maximum absolute atomic E-state index is 4.80. The Morgan fingerprint density at radius 2 is 1.59 bits per heavy atom.